The number of alkyl halides is 6. The molecule has 0 atom stereocenters. The number of aromatic nitrogens is 2. The van der Waals surface area contributed by atoms with Crippen molar-refractivity contribution < 1.29 is 31.1 Å². The number of halogens is 6. The molecule has 1 fully saturated rings. The van der Waals surface area contributed by atoms with Crippen LogP contribution in [0.25, 0.3) is 11.4 Å². The lowest BCUT2D eigenvalue weighted by Crippen LogP contribution is -2.48. The minimum absolute atomic E-state index is 0.0110. The Balaban J connectivity index is 1.53. The lowest BCUT2D eigenvalue weighted by Gasteiger charge is -2.38. The molecule has 0 radical (unpaired) electrons. The predicted octanol–water partition coefficient (Wildman–Crippen LogP) is 6.03. The Bertz CT molecular complexity index is 1230. The van der Waals surface area contributed by atoms with Crippen molar-refractivity contribution in [1.82, 2.24) is 14.9 Å². The van der Waals surface area contributed by atoms with Gasteiger partial charge < -0.3 is 4.90 Å². The molecule has 1 aromatic carbocycles. The Morgan fingerprint density at radius 1 is 0.946 bits per heavy atom. The van der Waals surface area contributed by atoms with Gasteiger partial charge in [0.25, 0.3) is 5.91 Å². The van der Waals surface area contributed by atoms with Gasteiger partial charge in [-0.25, -0.2) is 4.98 Å². The highest BCUT2D eigenvalue weighted by Crippen LogP contribution is 2.42. The fourth-order valence-corrected chi connectivity index (χ4v) is 4.77. The summed E-state index contributed by atoms with van der Waals surface area (Å²) in [4.78, 5) is 24.0. The van der Waals surface area contributed by atoms with Gasteiger partial charge in [0.05, 0.1) is 23.1 Å². The third-order valence-corrected chi connectivity index (χ3v) is 7.00. The third kappa shape index (κ3) is 6.21. The molecule has 2 aromatic heterocycles. The Hall–Kier alpha value is -3.19. The summed E-state index contributed by atoms with van der Waals surface area (Å²) in [7, 11) is 0. The second kappa shape index (κ2) is 10.3. The standard InChI is InChI=1S/C24H23F6N5OS/c1-14(2)34-9-11-35(12-10-34)17-7-8-18(31-13-17)19-20(24(28,29)30)37-22(32-19)33-21(36)15-3-5-16(6-4-15)23(25,26)27/h3-8,13-14H,9-12H2,1-2H3,(H,32,33,36). The fraction of sp³-hybridized carbons (Fsp3) is 0.375. The summed E-state index contributed by atoms with van der Waals surface area (Å²) in [5.41, 5.74) is -0.763. The molecule has 1 aliphatic rings. The van der Waals surface area contributed by atoms with Crippen LogP contribution in [0.5, 0.6) is 0 Å². The average Bonchev–Trinajstić information content (AvgIpc) is 3.28. The van der Waals surface area contributed by atoms with Crippen molar-refractivity contribution in [2.45, 2.75) is 32.2 Å². The molecule has 0 unspecified atom stereocenters. The second-order valence-electron chi connectivity index (χ2n) is 8.74. The van der Waals surface area contributed by atoms with Crippen LogP contribution in [0.2, 0.25) is 0 Å². The zero-order valence-corrected chi connectivity index (χ0v) is 20.6. The first-order valence-electron chi connectivity index (χ1n) is 11.3. The van der Waals surface area contributed by atoms with Gasteiger partial charge in [-0.1, -0.05) is 11.3 Å². The number of carbonyl (C=O) groups excluding carboxylic acids is 1. The zero-order chi connectivity index (χ0) is 27.0. The molecule has 6 nitrogen and oxygen atoms in total. The Labute approximate surface area is 212 Å². The number of thiazole rings is 1. The molecule has 1 saturated heterocycles. The smallest absolute Gasteiger partial charge is 0.368 e. The number of pyridine rings is 1. The van der Waals surface area contributed by atoms with Gasteiger partial charge in [-0.2, -0.15) is 26.3 Å². The number of carbonyl (C=O) groups is 1. The monoisotopic (exact) mass is 543 g/mol. The number of nitrogens with zero attached hydrogens (tertiary/aromatic N) is 4. The first kappa shape index (κ1) is 26.9. The Morgan fingerprint density at radius 2 is 1.59 bits per heavy atom. The van der Waals surface area contributed by atoms with E-state index in [0.29, 0.717) is 6.04 Å². The van der Waals surface area contributed by atoms with Crippen LogP contribution in [0, 0.1) is 0 Å². The maximum atomic E-state index is 13.7. The van der Waals surface area contributed by atoms with Gasteiger partial charge in [0.1, 0.15) is 10.6 Å². The fourth-order valence-electron chi connectivity index (χ4n) is 3.93. The van der Waals surface area contributed by atoms with Crippen LogP contribution in [-0.2, 0) is 12.4 Å². The van der Waals surface area contributed by atoms with Crippen molar-refractivity contribution in [3.63, 3.8) is 0 Å². The van der Waals surface area contributed by atoms with E-state index in [1.54, 1.807) is 6.07 Å². The third-order valence-electron chi connectivity index (χ3n) is 5.98. The van der Waals surface area contributed by atoms with Gasteiger partial charge in [0, 0.05) is 37.8 Å². The molecule has 1 amide bonds. The molecule has 3 heterocycles. The van der Waals surface area contributed by atoms with Gasteiger partial charge in [-0.3, -0.25) is 20.0 Å². The van der Waals surface area contributed by atoms with E-state index >= 15 is 0 Å². The van der Waals surface area contributed by atoms with E-state index in [0.717, 1.165) is 56.1 Å². The summed E-state index contributed by atoms with van der Waals surface area (Å²) in [5, 5.41) is 1.90. The summed E-state index contributed by atoms with van der Waals surface area (Å²) in [6.07, 6.45) is -7.83. The highest BCUT2D eigenvalue weighted by atomic mass is 32.1. The van der Waals surface area contributed by atoms with Crippen molar-refractivity contribution in [3.05, 3.63) is 58.6 Å². The number of hydrogen-bond donors (Lipinski definition) is 1. The first-order chi connectivity index (χ1) is 17.3. The zero-order valence-electron chi connectivity index (χ0n) is 19.8. The number of hydrogen-bond acceptors (Lipinski definition) is 6. The number of nitrogens with one attached hydrogen (secondary N) is 1. The van der Waals surface area contributed by atoms with Crippen LogP contribution in [-0.4, -0.2) is 53.0 Å². The maximum absolute atomic E-state index is 13.7. The molecule has 1 N–H and O–H groups in total. The van der Waals surface area contributed by atoms with Crippen molar-refractivity contribution in [3.8, 4) is 11.4 Å². The first-order valence-corrected chi connectivity index (χ1v) is 12.2. The SMILES string of the molecule is CC(C)N1CCN(c2ccc(-c3nc(NC(=O)c4ccc(C(F)(F)F)cc4)sc3C(F)(F)F)nc2)CC1. The number of amides is 1. The minimum atomic E-state index is -4.75. The van der Waals surface area contributed by atoms with E-state index in [-0.39, 0.29) is 27.7 Å². The number of piperazine rings is 1. The van der Waals surface area contributed by atoms with E-state index in [2.05, 4.69) is 38.9 Å². The van der Waals surface area contributed by atoms with Gasteiger partial charge >= 0.3 is 12.4 Å². The molecule has 0 spiro atoms. The number of rotatable bonds is 5. The molecule has 1 aliphatic heterocycles. The van der Waals surface area contributed by atoms with Crippen LogP contribution >= 0.6 is 11.3 Å². The second-order valence-corrected chi connectivity index (χ2v) is 9.74. The molecule has 0 saturated carbocycles. The van der Waals surface area contributed by atoms with Crippen molar-refractivity contribution in [1.29, 1.82) is 0 Å². The van der Waals surface area contributed by atoms with Gasteiger partial charge in [0.15, 0.2) is 5.13 Å². The Morgan fingerprint density at radius 3 is 2.11 bits per heavy atom. The number of benzene rings is 1. The molecule has 13 heteroatoms. The lowest BCUT2D eigenvalue weighted by atomic mass is 10.1. The molecule has 198 valence electrons. The van der Waals surface area contributed by atoms with Crippen molar-refractivity contribution in [2.75, 3.05) is 36.4 Å². The Kier molecular flexibility index (Phi) is 7.47. The van der Waals surface area contributed by atoms with Crippen molar-refractivity contribution in [2.24, 2.45) is 0 Å². The minimum Gasteiger partial charge on any atom is -0.368 e. The molecule has 0 bridgehead atoms. The normalized spacial score (nSPS) is 15.3. The summed E-state index contributed by atoms with van der Waals surface area (Å²) >= 11 is 0.223. The van der Waals surface area contributed by atoms with Crippen LogP contribution < -0.4 is 10.2 Å². The molecule has 37 heavy (non-hydrogen) atoms. The van der Waals surface area contributed by atoms with Crippen LogP contribution in [0.15, 0.2) is 42.6 Å². The van der Waals surface area contributed by atoms with Gasteiger partial charge in [0.2, 0.25) is 0 Å². The van der Waals surface area contributed by atoms with Gasteiger partial charge in [-0.05, 0) is 50.2 Å². The topological polar surface area (TPSA) is 61.4 Å². The summed E-state index contributed by atoms with van der Waals surface area (Å²) in [6.45, 7) is 7.52. The van der Waals surface area contributed by atoms with Crippen LogP contribution in [0.3, 0.4) is 0 Å². The lowest BCUT2D eigenvalue weighted by molar-refractivity contribution is -0.137. The molecular formula is C24H23F6N5OS. The van der Waals surface area contributed by atoms with Crippen LogP contribution in [0.1, 0.15) is 34.6 Å². The maximum Gasteiger partial charge on any atom is 0.427 e. The largest absolute Gasteiger partial charge is 0.427 e. The van der Waals surface area contributed by atoms with E-state index in [4.69, 9.17) is 0 Å². The summed E-state index contributed by atoms with van der Waals surface area (Å²) < 4.78 is 79.4. The quantitative estimate of drug-likeness (QED) is 0.399. The van der Waals surface area contributed by atoms with Crippen molar-refractivity contribution >= 4 is 28.1 Å². The highest BCUT2D eigenvalue weighted by Gasteiger charge is 2.38. The van der Waals surface area contributed by atoms with Crippen LogP contribution in [0.4, 0.5) is 37.2 Å². The van der Waals surface area contributed by atoms with Gasteiger partial charge in [-0.15, -0.1) is 0 Å². The van der Waals surface area contributed by atoms with E-state index < -0.39 is 34.4 Å². The number of anilines is 2. The molecule has 4 rings (SSSR count). The summed E-state index contributed by atoms with van der Waals surface area (Å²) in [5.74, 6) is -0.883. The summed E-state index contributed by atoms with van der Waals surface area (Å²) in [6, 6.07) is 6.90. The predicted molar refractivity (Wildman–Crippen MR) is 129 cm³/mol. The highest BCUT2D eigenvalue weighted by molar-refractivity contribution is 7.16. The molecular weight excluding hydrogens is 520 g/mol. The van der Waals surface area contributed by atoms with E-state index in [1.165, 1.54) is 12.3 Å². The average molecular weight is 544 g/mol. The van der Waals surface area contributed by atoms with E-state index in [9.17, 15) is 31.1 Å². The van der Waals surface area contributed by atoms with E-state index in [1.807, 2.05) is 0 Å². The molecule has 3 aromatic rings. The molecule has 0 aliphatic carbocycles.